The lowest BCUT2D eigenvalue weighted by molar-refractivity contribution is 0.0826. The fourth-order valence-corrected chi connectivity index (χ4v) is 7.07. The van der Waals surface area contributed by atoms with Crippen LogP contribution in [0.3, 0.4) is 0 Å². The van der Waals surface area contributed by atoms with Gasteiger partial charge in [0.05, 0.1) is 24.3 Å². The van der Waals surface area contributed by atoms with Gasteiger partial charge in [0.1, 0.15) is 11.6 Å². The fourth-order valence-electron chi connectivity index (χ4n) is 7.07. The van der Waals surface area contributed by atoms with Gasteiger partial charge in [-0.05, 0) is 100 Å². The van der Waals surface area contributed by atoms with Crippen molar-refractivity contribution >= 4 is 5.91 Å². The molecule has 6 saturated carbocycles. The van der Waals surface area contributed by atoms with Crippen molar-refractivity contribution in [2.45, 2.75) is 76.2 Å². The van der Waals surface area contributed by atoms with Crippen LogP contribution in [0, 0.1) is 29.0 Å². The van der Waals surface area contributed by atoms with E-state index in [1.54, 1.807) is 6.07 Å². The van der Waals surface area contributed by atoms with E-state index >= 15 is 4.39 Å². The normalized spacial score (nSPS) is 34.2. The summed E-state index contributed by atoms with van der Waals surface area (Å²) < 4.78 is 27.0. The number of nitrogens with one attached hydrogen (secondary N) is 1. The molecule has 5 heteroatoms. The first-order chi connectivity index (χ1) is 15.0. The van der Waals surface area contributed by atoms with Crippen LogP contribution in [0.5, 0.6) is 5.75 Å². The molecule has 31 heavy (non-hydrogen) atoms. The van der Waals surface area contributed by atoms with Crippen LogP contribution in [-0.2, 0) is 4.74 Å². The van der Waals surface area contributed by atoms with Gasteiger partial charge in [0.15, 0.2) is 0 Å². The minimum atomic E-state index is -0.473. The Morgan fingerprint density at radius 3 is 2.52 bits per heavy atom. The molecule has 0 aliphatic heterocycles. The SMILES string of the molecule is CCOCC1(NC(=O)c2cc(C3CC3)c(OCC34CC5CC(CC3C5)C4)cc2F)CC1. The first-order valence-electron chi connectivity index (χ1n) is 12.4. The number of amides is 1. The van der Waals surface area contributed by atoms with Gasteiger partial charge in [0.2, 0.25) is 0 Å². The Hall–Kier alpha value is -1.62. The zero-order valence-electron chi connectivity index (χ0n) is 18.6. The molecule has 4 nitrogen and oxygen atoms in total. The van der Waals surface area contributed by atoms with Gasteiger partial charge in [-0.25, -0.2) is 4.39 Å². The number of carbonyl (C=O) groups excluding carboxylic acids is 1. The van der Waals surface area contributed by atoms with E-state index in [2.05, 4.69) is 5.32 Å². The van der Waals surface area contributed by atoms with Crippen LogP contribution < -0.4 is 10.1 Å². The van der Waals surface area contributed by atoms with Gasteiger partial charge in [-0.3, -0.25) is 4.79 Å². The van der Waals surface area contributed by atoms with Gasteiger partial charge in [-0.15, -0.1) is 0 Å². The molecule has 0 saturated heterocycles. The molecule has 0 spiro atoms. The van der Waals surface area contributed by atoms with Gasteiger partial charge < -0.3 is 14.8 Å². The second-order valence-corrected chi connectivity index (χ2v) is 11.2. The molecule has 4 bridgehead atoms. The Balaban J connectivity index is 1.20. The van der Waals surface area contributed by atoms with Crippen molar-refractivity contribution < 1.29 is 18.7 Å². The molecular formula is C26H34FNO3. The summed E-state index contributed by atoms with van der Waals surface area (Å²) >= 11 is 0. The van der Waals surface area contributed by atoms with Gasteiger partial charge >= 0.3 is 0 Å². The van der Waals surface area contributed by atoms with Crippen molar-refractivity contribution in [2.24, 2.45) is 23.2 Å². The number of rotatable bonds is 9. The molecule has 6 aliphatic rings. The van der Waals surface area contributed by atoms with Crippen molar-refractivity contribution in [3.63, 3.8) is 0 Å². The maximum absolute atomic E-state index is 15.1. The summed E-state index contributed by atoms with van der Waals surface area (Å²) in [6, 6.07) is 3.26. The lowest BCUT2D eigenvalue weighted by Gasteiger charge is -2.33. The van der Waals surface area contributed by atoms with Crippen LogP contribution >= 0.6 is 0 Å². The molecule has 1 aromatic carbocycles. The third-order valence-electron chi connectivity index (χ3n) is 8.85. The number of halogens is 1. The van der Waals surface area contributed by atoms with Crippen LogP contribution in [0.25, 0.3) is 0 Å². The van der Waals surface area contributed by atoms with Gasteiger partial charge in [-0.2, -0.15) is 0 Å². The lowest BCUT2D eigenvalue weighted by atomic mass is 9.76. The highest BCUT2D eigenvalue weighted by Crippen LogP contribution is 2.65. The Morgan fingerprint density at radius 1 is 1.13 bits per heavy atom. The van der Waals surface area contributed by atoms with E-state index in [9.17, 15) is 4.79 Å². The van der Waals surface area contributed by atoms with Gasteiger partial charge in [0.25, 0.3) is 5.91 Å². The molecule has 6 aliphatic carbocycles. The quantitative estimate of drug-likeness (QED) is 0.589. The van der Waals surface area contributed by atoms with Crippen LogP contribution in [0.1, 0.15) is 86.6 Å². The Bertz CT molecular complexity index is 877. The minimum absolute atomic E-state index is 0.149. The van der Waals surface area contributed by atoms with Crippen LogP contribution in [0.4, 0.5) is 4.39 Å². The first kappa shape index (κ1) is 20.0. The largest absolute Gasteiger partial charge is 0.493 e. The van der Waals surface area contributed by atoms with E-state index in [4.69, 9.17) is 9.47 Å². The monoisotopic (exact) mass is 427 g/mol. The van der Waals surface area contributed by atoms with Gasteiger partial charge in [0, 0.05) is 18.1 Å². The number of ether oxygens (including phenoxy) is 2. The average Bonchev–Trinajstić information content (AvgIpc) is 3.66. The standard InChI is InChI=1S/C26H34FNO3/c1-2-30-15-26(5-6-26)28-24(29)21-10-20(18-3-4-18)23(11-22(21)27)31-14-25-12-16-7-17(13-25)9-19(25)8-16/h10-11,16-19H,2-9,12-15H2,1H3,(H,28,29). The molecule has 0 radical (unpaired) electrons. The van der Waals surface area contributed by atoms with E-state index in [1.165, 1.54) is 38.2 Å². The minimum Gasteiger partial charge on any atom is -0.493 e. The highest BCUT2D eigenvalue weighted by Gasteiger charge is 2.58. The predicted molar refractivity (Wildman–Crippen MR) is 116 cm³/mol. The number of carbonyl (C=O) groups is 1. The van der Waals surface area contributed by atoms with Crippen molar-refractivity contribution in [3.8, 4) is 5.75 Å². The zero-order chi connectivity index (χ0) is 21.2. The zero-order valence-corrected chi connectivity index (χ0v) is 18.6. The van der Waals surface area contributed by atoms with Crippen LogP contribution in [0.2, 0.25) is 0 Å². The van der Waals surface area contributed by atoms with Crippen molar-refractivity contribution in [1.82, 2.24) is 5.32 Å². The van der Waals surface area contributed by atoms with Crippen LogP contribution in [0.15, 0.2) is 12.1 Å². The van der Waals surface area contributed by atoms with E-state index in [1.807, 2.05) is 6.92 Å². The van der Waals surface area contributed by atoms with Crippen LogP contribution in [-0.4, -0.2) is 31.3 Å². The van der Waals surface area contributed by atoms with E-state index in [0.29, 0.717) is 36.9 Å². The Labute approximate surface area is 184 Å². The summed E-state index contributed by atoms with van der Waals surface area (Å²) in [7, 11) is 0. The fraction of sp³-hybridized carbons (Fsp3) is 0.731. The Morgan fingerprint density at radius 2 is 1.87 bits per heavy atom. The number of benzene rings is 1. The molecular weight excluding hydrogens is 393 g/mol. The maximum Gasteiger partial charge on any atom is 0.254 e. The highest BCUT2D eigenvalue weighted by atomic mass is 19.1. The third kappa shape index (κ3) is 3.57. The molecule has 6 fully saturated rings. The van der Waals surface area contributed by atoms with E-state index < -0.39 is 5.82 Å². The second kappa shape index (κ2) is 7.19. The van der Waals surface area contributed by atoms with E-state index in [0.717, 1.165) is 49.0 Å². The second-order valence-electron chi connectivity index (χ2n) is 11.2. The molecule has 7 rings (SSSR count). The summed E-state index contributed by atoms with van der Waals surface area (Å²) in [5.74, 6) is 2.85. The molecule has 168 valence electrons. The summed E-state index contributed by atoms with van der Waals surface area (Å²) in [6.07, 6.45) is 10.7. The topological polar surface area (TPSA) is 47.6 Å². The Kier molecular flexibility index (Phi) is 4.65. The summed E-state index contributed by atoms with van der Waals surface area (Å²) in [5.41, 5.74) is 1.18. The molecule has 1 amide bonds. The summed E-state index contributed by atoms with van der Waals surface area (Å²) in [4.78, 5) is 12.9. The molecule has 1 aromatic rings. The van der Waals surface area contributed by atoms with Gasteiger partial charge in [-0.1, -0.05) is 0 Å². The molecule has 0 aromatic heterocycles. The van der Waals surface area contributed by atoms with Crippen molar-refractivity contribution in [3.05, 3.63) is 29.1 Å². The van der Waals surface area contributed by atoms with Crippen molar-refractivity contribution in [1.29, 1.82) is 0 Å². The first-order valence-corrected chi connectivity index (χ1v) is 12.4. The average molecular weight is 428 g/mol. The molecule has 1 N–H and O–H groups in total. The molecule has 2 atom stereocenters. The smallest absolute Gasteiger partial charge is 0.254 e. The molecule has 2 unspecified atom stereocenters. The maximum atomic E-state index is 15.1. The summed E-state index contributed by atoms with van der Waals surface area (Å²) in [5, 5.41) is 3.04. The predicted octanol–water partition coefficient (Wildman–Crippen LogP) is 5.21. The highest BCUT2D eigenvalue weighted by molar-refractivity contribution is 5.95. The number of hydrogen-bond donors (Lipinski definition) is 1. The number of hydrogen-bond acceptors (Lipinski definition) is 3. The lowest BCUT2D eigenvalue weighted by Crippen LogP contribution is -2.40. The van der Waals surface area contributed by atoms with E-state index in [-0.39, 0.29) is 17.0 Å². The summed E-state index contributed by atoms with van der Waals surface area (Å²) in [6.45, 7) is 3.78. The molecule has 0 heterocycles. The third-order valence-corrected chi connectivity index (χ3v) is 8.85. The van der Waals surface area contributed by atoms with Crippen molar-refractivity contribution in [2.75, 3.05) is 19.8 Å².